The van der Waals surface area contributed by atoms with E-state index in [4.69, 9.17) is 21.1 Å². The van der Waals surface area contributed by atoms with E-state index < -0.39 is 16.1 Å². The van der Waals surface area contributed by atoms with E-state index in [0.717, 1.165) is 24.7 Å². The molecule has 3 rings (SSSR count). The van der Waals surface area contributed by atoms with Gasteiger partial charge in [-0.2, -0.15) is 0 Å². The third kappa shape index (κ3) is 7.77. The first-order valence-corrected chi connectivity index (χ1v) is 15.1. The highest BCUT2D eigenvalue weighted by Crippen LogP contribution is 2.36. The summed E-state index contributed by atoms with van der Waals surface area (Å²) in [6, 6.07) is 11.5. The lowest BCUT2D eigenvalue weighted by Gasteiger charge is -2.31. The average Bonchev–Trinajstić information content (AvgIpc) is 3.35. The molecule has 1 N–H and O–H groups in total. The van der Waals surface area contributed by atoms with E-state index in [1.54, 1.807) is 29.2 Å². The van der Waals surface area contributed by atoms with E-state index >= 15 is 0 Å². The van der Waals surface area contributed by atoms with Crippen molar-refractivity contribution in [1.82, 2.24) is 10.2 Å². The van der Waals surface area contributed by atoms with E-state index in [2.05, 4.69) is 5.32 Å². The van der Waals surface area contributed by atoms with Crippen LogP contribution >= 0.6 is 11.6 Å². The smallest absolute Gasteiger partial charge is 0.242 e. The number of benzene rings is 2. The van der Waals surface area contributed by atoms with Crippen LogP contribution in [0.5, 0.6) is 11.5 Å². The first kappa shape index (κ1) is 29.6. The molecule has 0 unspecified atom stereocenters. The molecule has 2 amide bonds. The van der Waals surface area contributed by atoms with Crippen molar-refractivity contribution >= 4 is 39.1 Å². The van der Waals surface area contributed by atoms with Gasteiger partial charge in [0.15, 0.2) is 11.5 Å². The van der Waals surface area contributed by atoms with E-state index in [1.807, 2.05) is 32.0 Å². The lowest BCUT2D eigenvalue weighted by Crippen LogP contribution is -2.49. The summed E-state index contributed by atoms with van der Waals surface area (Å²) >= 11 is 6.38. The molecule has 1 atom stereocenters. The Hall–Kier alpha value is -2.98. The van der Waals surface area contributed by atoms with Crippen molar-refractivity contribution < 1.29 is 27.5 Å². The number of amides is 2. The number of unbranched alkanes of at least 4 members (excludes halogenated alkanes) is 1. The van der Waals surface area contributed by atoms with Gasteiger partial charge in [0, 0.05) is 37.1 Å². The minimum Gasteiger partial charge on any atom is -0.454 e. The number of anilines is 1. The number of nitrogens with one attached hydrogen (secondary N) is 1. The molecule has 2 aromatic carbocycles. The van der Waals surface area contributed by atoms with E-state index in [9.17, 15) is 18.0 Å². The van der Waals surface area contributed by atoms with Crippen LogP contribution in [0.4, 0.5) is 5.69 Å². The summed E-state index contributed by atoms with van der Waals surface area (Å²) in [6.45, 7) is 4.79. The van der Waals surface area contributed by atoms with Gasteiger partial charge in [-0.25, -0.2) is 8.42 Å². The zero-order chi connectivity index (χ0) is 27.7. The highest BCUT2D eigenvalue weighted by molar-refractivity contribution is 7.92. The molecule has 0 aliphatic carbocycles. The van der Waals surface area contributed by atoms with Crippen LogP contribution in [0.3, 0.4) is 0 Å². The van der Waals surface area contributed by atoms with Crippen LogP contribution in [0.2, 0.25) is 5.02 Å². The lowest BCUT2D eigenvalue weighted by atomic mass is 10.1. The molecule has 11 heteroatoms. The van der Waals surface area contributed by atoms with Gasteiger partial charge in [0.25, 0.3) is 0 Å². The maximum Gasteiger partial charge on any atom is 0.242 e. The summed E-state index contributed by atoms with van der Waals surface area (Å²) < 4.78 is 37.1. The quantitative estimate of drug-likeness (QED) is 0.342. The molecule has 2 aromatic rings. The predicted octanol–water partition coefficient (Wildman–Crippen LogP) is 4.34. The first-order valence-electron chi connectivity index (χ1n) is 12.8. The van der Waals surface area contributed by atoms with E-state index in [0.29, 0.717) is 35.2 Å². The molecular formula is C27H36ClN3O6S. The summed E-state index contributed by atoms with van der Waals surface area (Å²) in [5.41, 5.74) is 1.17. The monoisotopic (exact) mass is 565 g/mol. The Kier molecular flexibility index (Phi) is 10.7. The molecule has 0 bridgehead atoms. The highest BCUT2D eigenvalue weighted by Gasteiger charge is 2.29. The zero-order valence-electron chi connectivity index (χ0n) is 22.1. The Morgan fingerprint density at radius 3 is 2.50 bits per heavy atom. The summed E-state index contributed by atoms with van der Waals surface area (Å²) in [4.78, 5) is 28.1. The SMILES string of the molecule is CCCCNC(=O)[C@@H](CC)N(Cc1ccccc1Cl)C(=O)CCCN(c1ccc2c(c1)OCO2)S(C)(=O)=O. The fourth-order valence-corrected chi connectivity index (χ4v) is 5.43. The van der Waals surface area contributed by atoms with Gasteiger partial charge in [0.05, 0.1) is 11.9 Å². The molecule has 1 aliphatic heterocycles. The number of hydrogen-bond acceptors (Lipinski definition) is 6. The highest BCUT2D eigenvalue weighted by atomic mass is 35.5. The van der Waals surface area contributed by atoms with Crippen LogP contribution in [-0.4, -0.2) is 57.3 Å². The Labute approximate surface area is 230 Å². The number of rotatable bonds is 14. The summed E-state index contributed by atoms with van der Waals surface area (Å²) in [5.74, 6) is 0.564. The van der Waals surface area contributed by atoms with Gasteiger partial charge >= 0.3 is 0 Å². The maximum atomic E-state index is 13.5. The van der Waals surface area contributed by atoms with Gasteiger partial charge < -0.3 is 19.7 Å². The molecule has 1 aliphatic rings. The molecule has 0 saturated heterocycles. The van der Waals surface area contributed by atoms with Crippen molar-refractivity contribution in [2.75, 3.05) is 30.4 Å². The van der Waals surface area contributed by atoms with Gasteiger partial charge in [-0.3, -0.25) is 13.9 Å². The largest absolute Gasteiger partial charge is 0.454 e. The molecule has 208 valence electrons. The van der Waals surface area contributed by atoms with E-state index in [-0.39, 0.29) is 44.5 Å². The standard InChI is InChI=1S/C27H36ClN3O6S/c1-4-6-15-29-27(33)23(5-2)30(18-20-10-7-8-11-22(20)28)26(32)12-9-16-31(38(3,34)35)21-13-14-24-25(17-21)37-19-36-24/h7-8,10-11,13-14,17,23H,4-6,9,12,15-16,18-19H2,1-3H3,(H,29,33)/t23-/m1/s1. The van der Waals surface area contributed by atoms with Gasteiger partial charge in [0.2, 0.25) is 28.6 Å². The molecule has 0 fully saturated rings. The van der Waals surface area contributed by atoms with Crippen molar-refractivity contribution in [3.05, 3.63) is 53.1 Å². The molecule has 0 spiro atoms. The number of carbonyl (C=O) groups excluding carboxylic acids is 2. The average molecular weight is 566 g/mol. The normalized spacial score (nSPS) is 13.2. The van der Waals surface area contributed by atoms with Gasteiger partial charge in [-0.05, 0) is 43.0 Å². The van der Waals surface area contributed by atoms with Crippen molar-refractivity contribution in [3.63, 3.8) is 0 Å². The Balaban J connectivity index is 1.75. The number of nitrogens with zero attached hydrogens (tertiary/aromatic N) is 2. The number of carbonyl (C=O) groups is 2. The second kappa shape index (κ2) is 13.7. The number of hydrogen-bond donors (Lipinski definition) is 1. The fraction of sp³-hybridized carbons (Fsp3) is 0.481. The van der Waals surface area contributed by atoms with Crippen molar-refractivity contribution in [2.45, 2.75) is 58.5 Å². The molecule has 0 radical (unpaired) electrons. The van der Waals surface area contributed by atoms with Crippen LogP contribution < -0.4 is 19.1 Å². The minimum absolute atomic E-state index is 0.0553. The van der Waals surface area contributed by atoms with Crippen molar-refractivity contribution in [3.8, 4) is 11.5 Å². The van der Waals surface area contributed by atoms with Crippen LogP contribution in [0, 0.1) is 0 Å². The van der Waals surface area contributed by atoms with Crippen LogP contribution in [0.15, 0.2) is 42.5 Å². The summed E-state index contributed by atoms with van der Waals surface area (Å²) in [7, 11) is -3.62. The molecule has 0 saturated carbocycles. The Bertz CT molecular complexity index is 1220. The number of halogens is 1. The van der Waals surface area contributed by atoms with Crippen LogP contribution in [0.1, 0.15) is 51.5 Å². The first-order chi connectivity index (χ1) is 18.2. The molecule has 1 heterocycles. The van der Waals surface area contributed by atoms with Gasteiger partial charge in [-0.1, -0.05) is 50.1 Å². The van der Waals surface area contributed by atoms with Gasteiger partial charge in [0.1, 0.15) is 6.04 Å². The minimum atomic E-state index is -3.62. The molecule has 38 heavy (non-hydrogen) atoms. The lowest BCUT2D eigenvalue weighted by molar-refractivity contribution is -0.141. The van der Waals surface area contributed by atoms with Crippen molar-refractivity contribution in [2.24, 2.45) is 0 Å². The van der Waals surface area contributed by atoms with Crippen LogP contribution in [0.25, 0.3) is 0 Å². The number of ether oxygens (including phenoxy) is 2. The maximum absolute atomic E-state index is 13.5. The number of sulfonamides is 1. The summed E-state index contributed by atoms with van der Waals surface area (Å²) in [5, 5.41) is 3.44. The molecule has 9 nitrogen and oxygen atoms in total. The second-order valence-electron chi connectivity index (χ2n) is 9.16. The molecular weight excluding hydrogens is 530 g/mol. The van der Waals surface area contributed by atoms with E-state index in [1.165, 1.54) is 4.31 Å². The third-order valence-corrected chi connectivity index (χ3v) is 7.87. The topological polar surface area (TPSA) is 105 Å². The third-order valence-electron chi connectivity index (χ3n) is 6.31. The number of fused-ring (bicyclic) bond motifs is 1. The van der Waals surface area contributed by atoms with Crippen LogP contribution in [-0.2, 0) is 26.2 Å². The molecule has 0 aromatic heterocycles. The second-order valence-corrected chi connectivity index (χ2v) is 11.5. The van der Waals surface area contributed by atoms with Gasteiger partial charge in [-0.15, -0.1) is 0 Å². The Morgan fingerprint density at radius 1 is 1.08 bits per heavy atom. The summed E-state index contributed by atoms with van der Waals surface area (Å²) in [6.07, 6.45) is 3.66. The Morgan fingerprint density at radius 2 is 1.82 bits per heavy atom. The zero-order valence-corrected chi connectivity index (χ0v) is 23.7. The fourth-order valence-electron chi connectivity index (χ4n) is 4.28. The predicted molar refractivity (Wildman–Crippen MR) is 148 cm³/mol. The van der Waals surface area contributed by atoms with Crippen molar-refractivity contribution in [1.29, 1.82) is 0 Å².